The molecule has 0 aromatic heterocycles. The molecule has 0 amide bonds. The van der Waals surface area contributed by atoms with Gasteiger partial charge in [-0.15, -0.1) is 0 Å². The normalized spacial score (nSPS) is 12.2. The molecule has 0 saturated heterocycles. The van der Waals surface area contributed by atoms with Gasteiger partial charge in [-0.2, -0.15) is 0 Å². The molecule has 1 aromatic carbocycles. The van der Waals surface area contributed by atoms with Gasteiger partial charge in [-0.25, -0.2) is 0 Å². The van der Waals surface area contributed by atoms with Gasteiger partial charge >= 0.3 is 0 Å². The SMILES string of the molecule is Cc1cc(NCCCC(C)CO)cc([N+](=O)[O-])c1. The van der Waals surface area contributed by atoms with Gasteiger partial charge in [-0.1, -0.05) is 6.92 Å². The minimum atomic E-state index is -0.383. The van der Waals surface area contributed by atoms with Crippen molar-refractivity contribution < 1.29 is 10.0 Å². The fraction of sp³-hybridized carbons (Fsp3) is 0.538. The number of benzene rings is 1. The number of rotatable bonds is 7. The third kappa shape index (κ3) is 4.71. The number of nitro benzene ring substituents is 1. The molecule has 2 N–H and O–H groups in total. The van der Waals surface area contributed by atoms with Gasteiger partial charge in [0.05, 0.1) is 4.92 Å². The van der Waals surface area contributed by atoms with Crippen molar-refractivity contribution in [2.75, 3.05) is 18.5 Å². The van der Waals surface area contributed by atoms with E-state index in [1.165, 1.54) is 0 Å². The maximum atomic E-state index is 10.7. The minimum absolute atomic E-state index is 0.112. The lowest BCUT2D eigenvalue weighted by Gasteiger charge is -2.09. The monoisotopic (exact) mass is 252 g/mol. The molecule has 1 atom stereocenters. The molecule has 0 aliphatic rings. The van der Waals surface area contributed by atoms with Gasteiger partial charge in [0.25, 0.3) is 5.69 Å². The van der Waals surface area contributed by atoms with Crippen molar-refractivity contribution in [1.29, 1.82) is 0 Å². The standard InChI is InChI=1S/C13H20N2O3/c1-10(9-16)4-3-5-14-12-6-11(2)7-13(8-12)15(17)18/h6-8,10,14,16H,3-5,9H2,1-2H3. The predicted molar refractivity (Wildman–Crippen MR) is 71.8 cm³/mol. The molecule has 0 spiro atoms. The van der Waals surface area contributed by atoms with Gasteiger partial charge in [0.1, 0.15) is 0 Å². The number of non-ortho nitro benzene ring substituents is 1. The van der Waals surface area contributed by atoms with E-state index in [1.54, 1.807) is 12.1 Å². The van der Waals surface area contributed by atoms with Crippen molar-refractivity contribution >= 4 is 11.4 Å². The Bertz CT molecular complexity index is 407. The largest absolute Gasteiger partial charge is 0.396 e. The topological polar surface area (TPSA) is 75.4 Å². The first-order valence-corrected chi connectivity index (χ1v) is 6.13. The Balaban J connectivity index is 2.49. The minimum Gasteiger partial charge on any atom is -0.396 e. The highest BCUT2D eigenvalue weighted by Crippen LogP contribution is 2.20. The summed E-state index contributed by atoms with van der Waals surface area (Å²) in [5, 5.41) is 22.8. The average Bonchev–Trinajstić information content (AvgIpc) is 2.33. The molecule has 0 radical (unpaired) electrons. The molecular formula is C13H20N2O3. The second-order valence-electron chi connectivity index (χ2n) is 4.67. The van der Waals surface area contributed by atoms with Crippen LogP contribution in [0.5, 0.6) is 0 Å². The van der Waals surface area contributed by atoms with Gasteiger partial charge in [0.2, 0.25) is 0 Å². The van der Waals surface area contributed by atoms with E-state index in [1.807, 2.05) is 19.9 Å². The first kappa shape index (κ1) is 14.4. The smallest absolute Gasteiger partial charge is 0.271 e. The average molecular weight is 252 g/mol. The predicted octanol–water partition coefficient (Wildman–Crippen LogP) is 2.72. The summed E-state index contributed by atoms with van der Waals surface area (Å²) in [6.07, 6.45) is 1.88. The Kier molecular flexibility index (Phi) is 5.58. The lowest BCUT2D eigenvalue weighted by molar-refractivity contribution is -0.384. The Hall–Kier alpha value is -1.62. The number of hydrogen-bond acceptors (Lipinski definition) is 4. The molecule has 100 valence electrons. The molecule has 18 heavy (non-hydrogen) atoms. The molecule has 5 heteroatoms. The summed E-state index contributed by atoms with van der Waals surface area (Å²) in [5.74, 6) is 0.304. The van der Waals surface area contributed by atoms with E-state index in [4.69, 9.17) is 5.11 Å². The fourth-order valence-corrected chi connectivity index (χ4v) is 1.74. The highest BCUT2D eigenvalue weighted by Gasteiger charge is 2.07. The number of anilines is 1. The summed E-state index contributed by atoms with van der Waals surface area (Å²) in [6.45, 7) is 4.80. The fourth-order valence-electron chi connectivity index (χ4n) is 1.74. The van der Waals surface area contributed by atoms with Crippen LogP contribution < -0.4 is 5.32 Å². The molecule has 5 nitrogen and oxygen atoms in total. The Labute approximate surface area is 107 Å². The van der Waals surface area contributed by atoms with E-state index < -0.39 is 0 Å². The zero-order valence-electron chi connectivity index (χ0n) is 10.8. The summed E-state index contributed by atoms with van der Waals surface area (Å²) in [6, 6.07) is 4.99. The second-order valence-corrected chi connectivity index (χ2v) is 4.67. The molecule has 1 rings (SSSR count). The summed E-state index contributed by atoms with van der Waals surface area (Å²) in [4.78, 5) is 10.3. The van der Waals surface area contributed by atoms with Crippen LogP contribution in [0.25, 0.3) is 0 Å². The summed E-state index contributed by atoms with van der Waals surface area (Å²) >= 11 is 0. The number of nitrogens with zero attached hydrogens (tertiary/aromatic N) is 1. The van der Waals surface area contributed by atoms with E-state index in [0.29, 0.717) is 5.92 Å². The van der Waals surface area contributed by atoms with Crippen molar-refractivity contribution in [2.24, 2.45) is 5.92 Å². The molecule has 0 aliphatic carbocycles. The van der Waals surface area contributed by atoms with E-state index in [-0.39, 0.29) is 17.2 Å². The van der Waals surface area contributed by atoms with Crippen LogP contribution in [0, 0.1) is 23.0 Å². The number of aliphatic hydroxyl groups is 1. The van der Waals surface area contributed by atoms with Gasteiger partial charge in [0, 0.05) is 31.0 Å². The van der Waals surface area contributed by atoms with Crippen molar-refractivity contribution in [3.05, 3.63) is 33.9 Å². The van der Waals surface area contributed by atoms with Crippen LogP contribution in [-0.4, -0.2) is 23.2 Å². The molecule has 1 unspecified atom stereocenters. The number of nitro groups is 1. The number of hydrogen-bond donors (Lipinski definition) is 2. The van der Waals surface area contributed by atoms with E-state index in [9.17, 15) is 10.1 Å². The number of aryl methyl sites for hydroxylation is 1. The maximum absolute atomic E-state index is 10.7. The molecule has 0 aliphatic heterocycles. The van der Waals surface area contributed by atoms with Crippen LogP contribution in [0.15, 0.2) is 18.2 Å². The highest BCUT2D eigenvalue weighted by atomic mass is 16.6. The summed E-state index contributed by atoms with van der Waals surface area (Å²) in [5.41, 5.74) is 1.76. The van der Waals surface area contributed by atoms with Crippen LogP contribution in [0.2, 0.25) is 0 Å². The Morgan fingerprint density at radius 3 is 2.78 bits per heavy atom. The zero-order chi connectivity index (χ0) is 13.5. The van der Waals surface area contributed by atoms with Crippen LogP contribution >= 0.6 is 0 Å². The van der Waals surface area contributed by atoms with E-state index in [0.717, 1.165) is 30.6 Å². The van der Waals surface area contributed by atoms with Crippen molar-refractivity contribution in [1.82, 2.24) is 0 Å². The van der Waals surface area contributed by atoms with E-state index in [2.05, 4.69) is 5.32 Å². The third-order valence-corrected chi connectivity index (χ3v) is 2.79. The van der Waals surface area contributed by atoms with Crippen LogP contribution in [0.4, 0.5) is 11.4 Å². The third-order valence-electron chi connectivity index (χ3n) is 2.79. The number of nitrogens with one attached hydrogen (secondary N) is 1. The van der Waals surface area contributed by atoms with Crippen LogP contribution in [-0.2, 0) is 0 Å². The van der Waals surface area contributed by atoms with Gasteiger partial charge < -0.3 is 10.4 Å². The van der Waals surface area contributed by atoms with Gasteiger partial charge in [-0.3, -0.25) is 10.1 Å². The Morgan fingerprint density at radius 2 is 2.17 bits per heavy atom. The van der Waals surface area contributed by atoms with Crippen LogP contribution in [0.1, 0.15) is 25.3 Å². The quantitative estimate of drug-likeness (QED) is 0.444. The molecule has 0 fully saturated rings. The zero-order valence-corrected chi connectivity index (χ0v) is 10.8. The van der Waals surface area contributed by atoms with Crippen molar-refractivity contribution in [3.63, 3.8) is 0 Å². The second kappa shape index (κ2) is 6.96. The summed E-state index contributed by atoms with van der Waals surface area (Å²) in [7, 11) is 0. The molecule has 0 heterocycles. The van der Waals surface area contributed by atoms with E-state index >= 15 is 0 Å². The van der Waals surface area contributed by atoms with Crippen molar-refractivity contribution in [3.8, 4) is 0 Å². The number of aliphatic hydroxyl groups excluding tert-OH is 1. The van der Waals surface area contributed by atoms with Crippen molar-refractivity contribution in [2.45, 2.75) is 26.7 Å². The summed E-state index contributed by atoms with van der Waals surface area (Å²) < 4.78 is 0. The first-order chi connectivity index (χ1) is 8.52. The maximum Gasteiger partial charge on any atom is 0.271 e. The lowest BCUT2D eigenvalue weighted by Crippen LogP contribution is -2.06. The highest BCUT2D eigenvalue weighted by molar-refractivity contribution is 5.53. The van der Waals surface area contributed by atoms with Gasteiger partial charge in [0.15, 0.2) is 0 Å². The molecule has 0 bridgehead atoms. The molecular weight excluding hydrogens is 232 g/mol. The molecule has 1 aromatic rings. The lowest BCUT2D eigenvalue weighted by atomic mass is 10.1. The molecule has 0 saturated carbocycles. The Morgan fingerprint density at radius 1 is 1.44 bits per heavy atom. The van der Waals surface area contributed by atoms with Crippen LogP contribution in [0.3, 0.4) is 0 Å². The van der Waals surface area contributed by atoms with Gasteiger partial charge in [-0.05, 0) is 37.3 Å². The first-order valence-electron chi connectivity index (χ1n) is 6.13.